The monoisotopic (exact) mass is 110 g/mol. The van der Waals surface area contributed by atoms with E-state index in [1.807, 2.05) is 0 Å². The lowest BCUT2D eigenvalue weighted by atomic mass is 10.2. The topological polar surface area (TPSA) is 56.4 Å². The number of allylic oxidation sites excluding steroid dienone is 1. The summed E-state index contributed by atoms with van der Waals surface area (Å²) >= 11 is 0. The average Bonchev–Trinajstić information content (AvgIpc) is 1.69. The molecule has 0 spiro atoms. The van der Waals surface area contributed by atoms with Gasteiger partial charge in [-0.3, -0.25) is 15.5 Å². The summed E-state index contributed by atoms with van der Waals surface area (Å²) in [5.74, 6) is 0.966. The average molecular weight is 110 g/mol. The Labute approximate surface area is 46.5 Å². The molecule has 42 valence electrons. The van der Waals surface area contributed by atoms with Gasteiger partial charge in [0.25, 0.3) is 0 Å². The first-order valence-electron chi connectivity index (χ1n) is 1.95. The van der Waals surface area contributed by atoms with E-state index >= 15 is 0 Å². The summed E-state index contributed by atoms with van der Waals surface area (Å²) in [7, 11) is 0. The molecule has 0 fully saturated rings. The number of Topliss-reactive ketones (excluding diaryl/α,β-unsaturated/α-hetero) is 1. The van der Waals surface area contributed by atoms with E-state index in [9.17, 15) is 9.59 Å². The second-order valence-corrected chi connectivity index (χ2v) is 1.20. The van der Waals surface area contributed by atoms with Crippen LogP contribution in [0.25, 0.3) is 5.41 Å². The highest BCUT2D eigenvalue weighted by Crippen LogP contribution is 1.81. The SMILES string of the molecule is CC(=O)C(=C=[N-])C=O. The van der Waals surface area contributed by atoms with Crippen molar-refractivity contribution in [2.24, 2.45) is 0 Å². The number of aldehydes is 1. The van der Waals surface area contributed by atoms with Crippen molar-refractivity contribution >= 4 is 17.9 Å². The molecule has 0 aliphatic rings. The van der Waals surface area contributed by atoms with Crippen molar-refractivity contribution < 1.29 is 9.59 Å². The molecule has 0 saturated heterocycles. The molecule has 0 amide bonds. The number of hydrogen-bond acceptors (Lipinski definition) is 2. The van der Waals surface area contributed by atoms with E-state index in [0.29, 0.717) is 0 Å². The molecular formula is C5H4NO2-. The molecule has 0 aliphatic carbocycles. The molecule has 0 aromatic carbocycles. The minimum Gasteiger partial charge on any atom is -0.763 e. The van der Waals surface area contributed by atoms with Gasteiger partial charge in [0.2, 0.25) is 0 Å². The van der Waals surface area contributed by atoms with Gasteiger partial charge in [0.15, 0.2) is 12.1 Å². The van der Waals surface area contributed by atoms with E-state index in [4.69, 9.17) is 5.41 Å². The molecule has 3 nitrogen and oxygen atoms in total. The number of carbonyl (C=O) groups is 2. The van der Waals surface area contributed by atoms with Crippen LogP contribution in [0.3, 0.4) is 0 Å². The Balaban J connectivity index is 4.37. The zero-order chi connectivity index (χ0) is 6.57. The molecular weight excluding hydrogens is 106 g/mol. The van der Waals surface area contributed by atoms with E-state index in [-0.39, 0.29) is 11.9 Å². The molecule has 0 atom stereocenters. The van der Waals surface area contributed by atoms with Crippen LogP contribution in [0, 0.1) is 0 Å². The maximum atomic E-state index is 10.1. The molecule has 0 saturated carbocycles. The minimum absolute atomic E-state index is 0.252. The molecule has 0 aromatic heterocycles. The van der Waals surface area contributed by atoms with Crippen LogP contribution in [-0.2, 0) is 9.59 Å². The van der Waals surface area contributed by atoms with Crippen molar-refractivity contribution in [2.75, 3.05) is 0 Å². The van der Waals surface area contributed by atoms with Crippen molar-refractivity contribution in [2.45, 2.75) is 6.92 Å². The van der Waals surface area contributed by atoms with Gasteiger partial charge < -0.3 is 5.41 Å². The Morgan fingerprint density at radius 1 is 1.75 bits per heavy atom. The van der Waals surface area contributed by atoms with Gasteiger partial charge in [-0.25, -0.2) is 0 Å². The molecule has 0 rings (SSSR count). The molecule has 0 N–H and O–H groups in total. The van der Waals surface area contributed by atoms with Gasteiger partial charge in [-0.05, 0) is 6.92 Å². The molecule has 8 heavy (non-hydrogen) atoms. The van der Waals surface area contributed by atoms with Crippen LogP contribution < -0.4 is 0 Å². The second kappa shape index (κ2) is 2.88. The fourth-order valence-electron chi connectivity index (χ4n) is 0.188. The smallest absolute Gasteiger partial charge is 0.169 e. The number of nitrogens with zero attached hydrogens (tertiary/aromatic N) is 1. The summed E-state index contributed by atoms with van der Waals surface area (Å²) < 4.78 is 0. The van der Waals surface area contributed by atoms with Crippen LogP contribution in [0.15, 0.2) is 5.57 Å². The van der Waals surface area contributed by atoms with E-state index < -0.39 is 5.78 Å². The van der Waals surface area contributed by atoms with Crippen molar-refractivity contribution in [1.82, 2.24) is 0 Å². The van der Waals surface area contributed by atoms with E-state index in [2.05, 4.69) is 0 Å². The Morgan fingerprint density at radius 3 is 2.25 bits per heavy atom. The Hall–Kier alpha value is -1.21. The van der Waals surface area contributed by atoms with Crippen LogP contribution in [-0.4, -0.2) is 17.9 Å². The van der Waals surface area contributed by atoms with Crippen molar-refractivity contribution in [1.29, 1.82) is 0 Å². The highest BCUT2D eigenvalue weighted by Gasteiger charge is 1.94. The fraction of sp³-hybridized carbons (Fsp3) is 0.200. The molecule has 0 aromatic rings. The molecule has 0 aliphatic heterocycles. The number of rotatable bonds is 2. The van der Waals surface area contributed by atoms with Gasteiger partial charge in [0.05, 0.1) is 5.57 Å². The zero-order valence-electron chi connectivity index (χ0n) is 4.34. The van der Waals surface area contributed by atoms with E-state index in [0.717, 1.165) is 0 Å². The third kappa shape index (κ3) is 1.49. The normalized spacial score (nSPS) is 7.12. The Kier molecular flexibility index (Phi) is 2.45. The van der Waals surface area contributed by atoms with Gasteiger partial charge in [0, 0.05) is 0 Å². The van der Waals surface area contributed by atoms with Crippen LogP contribution in [0.2, 0.25) is 0 Å². The first-order chi connectivity index (χ1) is 3.72. The van der Waals surface area contributed by atoms with Crippen LogP contribution >= 0.6 is 0 Å². The fourth-order valence-corrected chi connectivity index (χ4v) is 0.188. The predicted molar refractivity (Wildman–Crippen MR) is 28.6 cm³/mol. The number of ketones is 1. The van der Waals surface area contributed by atoms with Gasteiger partial charge in [-0.2, -0.15) is 0 Å². The lowest BCUT2D eigenvalue weighted by molar-refractivity contribution is -0.115. The van der Waals surface area contributed by atoms with Crippen molar-refractivity contribution in [3.63, 3.8) is 0 Å². The molecule has 0 bridgehead atoms. The zero-order valence-corrected chi connectivity index (χ0v) is 4.34. The van der Waals surface area contributed by atoms with Crippen LogP contribution in [0.4, 0.5) is 0 Å². The summed E-state index contributed by atoms with van der Waals surface area (Å²) in [5, 5.41) is 7.96. The number of carbonyl (C=O) groups excluding carboxylic acids is 2. The standard InChI is InChI=1S/C5H4NO2/c1-4(8)5(2-6)3-7/h3H,1H3/q-1. The highest BCUT2D eigenvalue weighted by atomic mass is 16.1. The summed E-state index contributed by atoms with van der Waals surface area (Å²) in [6.07, 6.45) is 0.252. The Bertz CT molecular complexity index is 165. The maximum Gasteiger partial charge on any atom is 0.169 e. The van der Waals surface area contributed by atoms with Crippen molar-refractivity contribution in [3.05, 3.63) is 11.0 Å². The lowest BCUT2D eigenvalue weighted by Gasteiger charge is -1.84. The molecule has 0 radical (unpaired) electrons. The molecule has 0 unspecified atom stereocenters. The van der Waals surface area contributed by atoms with Gasteiger partial charge in [-0.1, -0.05) is 0 Å². The Morgan fingerprint density at radius 2 is 2.25 bits per heavy atom. The maximum absolute atomic E-state index is 10.1. The summed E-state index contributed by atoms with van der Waals surface area (Å²) in [5.41, 5.74) is -0.329. The van der Waals surface area contributed by atoms with E-state index in [1.54, 1.807) is 0 Å². The van der Waals surface area contributed by atoms with Gasteiger partial charge in [0.1, 0.15) is 0 Å². The largest absolute Gasteiger partial charge is 0.763 e. The van der Waals surface area contributed by atoms with Gasteiger partial charge >= 0.3 is 0 Å². The first-order valence-corrected chi connectivity index (χ1v) is 1.95. The second-order valence-electron chi connectivity index (χ2n) is 1.20. The van der Waals surface area contributed by atoms with Gasteiger partial charge in [-0.15, -0.1) is 0 Å². The predicted octanol–water partition coefficient (Wildman–Crippen LogP) is -0.0602. The summed E-state index contributed by atoms with van der Waals surface area (Å²) in [6, 6.07) is 0. The highest BCUT2D eigenvalue weighted by molar-refractivity contribution is 6.18. The summed E-state index contributed by atoms with van der Waals surface area (Å²) in [4.78, 5) is 19.8. The number of hydrogen-bond donors (Lipinski definition) is 0. The molecule has 3 heteroatoms. The van der Waals surface area contributed by atoms with Crippen molar-refractivity contribution in [3.8, 4) is 0 Å². The quantitative estimate of drug-likeness (QED) is 0.164. The minimum atomic E-state index is -0.484. The third-order valence-corrected chi connectivity index (χ3v) is 0.618. The first kappa shape index (κ1) is 6.79. The van der Waals surface area contributed by atoms with E-state index in [1.165, 1.54) is 12.8 Å². The molecule has 0 heterocycles. The summed E-state index contributed by atoms with van der Waals surface area (Å²) in [6.45, 7) is 1.17. The van der Waals surface area contributed by atoms with Crippen LogP contribution in [0.1, 0.15) is 6.92 Å². The third-order valence-electron chi connectivity index (χ3n) is 0.618. The lowest BCUT2D eigenvalue weighted by Crippen LogP contribution is -1.96. The van der Waals surface area contributed by atoms with Crippen LogP contribution in [0.5, 0.6) is 0 Å².